The average molecular weight is 308 g/mol. The second kappa shape index (κ2) is 9.98. The van der Waals surface area contributed by atoms with Crippen LogP contribution in [-0.2, 0) is 35.3 Å². The Morgan fingerprint density at radius 3 is 1.55 bits per heavy atom. The third-order valence-corrected chi connectivity index (χ3v) is 3.73. The van der Waals surface area contributed by atoms with Gasteiger partial charge in [0, 0.05) is 0 Å². The molecule has 0 heterocycles. The Balaban J connectivity index is 0.000000534. The number of hydrogen-bond acceptors (Lipinski definition) is 2. The molecule has 124 valence electrons. The molecule has 0 aromatic heterocycles. The molecule has 0 saturated carbocycles. The molecular formula is C18H28O4. The van der Waals surface area contributed by atoms with Crippen molar-refractivity contribution in [1.29, 1.82) is 0 Å². The highest BCUT2D eigenvalue weighted by Crippen LogP contribution is 2.25. The summed E-state index contributed by atoms with van der Waals surface area (Å²) in [5, 5.41) is 15.4. The van der Waals surface area contributed by atoms with E-state index >= 15 is 0 Å². The van der Waals surface area contributed by atoms with Crippen LogP contribution in [0.3, 0.4) is 0 Å². The normalized spacial score (nSPS) is 9.86. The minimum atomic E-state index is -1.31. The minimum absolute atomic E-state index is 0.806. The van der Waals surface area contributed by atoms with Crippen LogP contribution in [0.2, 0.25) is 0 Å². The number of aliphatic carboxylic acids is 2. The van der Waals surface area contributed by atoms with Gasteiger partial charge in [0.05, 0.1) is 0 Å². The summed E-state index contributed by atoms with van der Waals surface area (Å²) < 4.78 is 0. The Morgan fingerprint density at radius 1 is 0.818 bits per heavy atom. The zero-order valence-corrected chi connectivity index (χ0v) is 14.3. The Labute approximate surface area is 133 Å². The van der Waals surface area contributed by atoms with Crippen LogP contribution in [0.25, 0.3) is 0 Å². The van der Waals surface area contributed by atoms with E-state index in [0.29, 0.717) is 0 Å². The monoisotopic (exact) mass is 308 g/mol. The van der Waals surface area contributed by atoms with Gasteiger partial charge in [-0.3, -0.25) is 9.59 Å². The number of rotatable bonds is 6. The fourth-order valence-corrected chi connectivity index (χ4v) is 2.85. The van der Waals surface area contributed by atoms with Crippen molar-refractivity contribution in [1.82, 2.24) is 0 Å². The standard InChI is InChI=1S/C15H24.C3H4O4/c1-6-12-10-11(5)13(7-2)15(9-4)14(12)8-3;4-2(5)1-3(6)7/h10H,6-9H2,1-5H3;1H2,(H,4,5)(H,6,7). The number of carbonyl (C=O) groups is 2. The molecule has 0 spiro atoms. The van der Waals surface area contributed by atoms with Gasteiger partial charge in [0.15, 0.2) is 0 Å². The maximum Gasteiger partial charge on any atom is 0.314 e. The SMILES string of the molecule is CCc1cc(C)c(CC)c(CC)c1CC.O=C(O)CC(=O)O. The van der Waals surface area contributed by atoms with E-state index in [4.69, 9.17) is 10.2 Å². The van der Waals surface area contributed by atoms with Gasteiger partial charge in [0.1, 0.15) is 6.42 Å². The molecule has 0 unspecified atom stereocenters. The van der Waals surface area contributed by atoms with Gasteiger partial charge in [0.25, 0.3) is 0 Å². The molecule has 0 saturated heterocycles. The van der Waals surface area contributed by atoms with E-state index in [2.05, 4.69) is 40.7 Å². The van der Waals surface area contributed by atoms with Crippen molar-refractivity contribution in [2.24, 2.45) is 0 Å². The number of carboxylic acid groups (broad SMARTS) is 2. The Bertz CT molecular complexity index is 506. The first-order chi connectivity index (χ1) is 10.3. The summed E-state index contributed by atoms with van der Waals surface area (Å²) in [6, 6.07) is 2.40. The van der Waals surface area contributed by atoms with Gasteiger partial charge in [-0.15, -0.1) is 0 Å². The molecule has 22 heavy (non-hydrogen) atoms. The topological polar surface area (TPSA) is 74.6 Å². The Morgan fingerprint density at radius 2 is 1.27 bits per heavy atom. The summed E-state index contributed by atoms with van der Waals surface area (Å²) in [6.07, 6.45) is 3.90. The van der Waals surface area contributed by atoms with Crippen molar-refractivity contribution >= 4 is 11.9 Å². The number of hydrogen-bond donors (Lipinski definition) is 2. The molecule has 0 bridgehead atoms. The molecule has 0 aliphatic carbocycles. The van der Waals surface area contributed by atoms with E-state index in [0.717, 1.165) is 0 Å². The third-order valence-electron chi connectivity index (χ3n) is 3.73. The Kier molecular flexibility index (Phi) is 9.15. The van der Waals surface area contributed by atoms with Crippen LogP contribution < -0.4 is 0 Å². The fraction of sp³-hybridized carbons (Fsp3) is 0.556. The lowest BCUT2D eigenvalue weighted by atomic mass is 9.87. The van der Waals surface area contributed by atoms with Crippen LogP contribution in [0.15, 0.2) is 6.07 Å². The van der Waals surface area contributed by atoms with Gasteiger partial charge in [-0.25, -0.2) is 0 Å². The van der Waals surface area contributed by atoms with Gasteiger partial charge in [0.2, 0.25) is 0 Å². The van der Waals surface area contributed by atoms with E-state index in [1.807, 2.05) is 0 Å². The van der Waals surface area contributed by atoms with Gasteiger partial charge in [-0.1, -0.05) is 33.8 Å². The molecule has 2 N–H and O–H groups in total. The molecular weight excluding hydrogens is 280 g/mol. The molecule has 0 aliphatic heterocycles. The zero-order valence-electron chi connectivity index (χ0n) is 14.3. The predicted molar refractivity (Wildman–Crippen MR) is 88.6 cm³/mol. The van der Waals surface area contributed by atoms with Crippen LogP contribution in [0.5, 0.6) is 0 Å². The van der Waals surface area contributed by atoms with E-state index in [1.54, 1.807) is 22.3 Å². The van der Waals surface area contributed by atoms with Crippen molar-refractivity contribution in [3.05, 3.63) is 33.9 Å². The number of aryl methyl sites for hydroxylation is 2. The van der Waals surface area contributed by atoms with E-state index in [9.17, 15) is 9.59 Å². The molecule has 0 aliphatic rings. The van der Waals surface area contributed by atoms with Crippen LogP contribution >= 0.6 is 0 Å². The second-order valence-electron chi connectivity index (χ2n) is 5.17. The summed E-state index contributed by atoms with van der Waals surface area (Å²) in [5.74, 6) is -2.62. The first-order valence-corrected chi connectivity index (χ1v) is 7.88. The maximum absolute atomic E-state index is 9.43. The van der Waals surface area contributed by atoms with Gasteiger partial charge in [-0.2, -0.15) is 0 Å². The molecule has 4 nitrogen and oxygen atoms in total. The highest BCUT2D eigenvalue weighted by atomic mass is 16.4. The van der Waals surface area contributed by atoms with Gasteiger partial charge < -0.3 is 10.2 Å². The van der Waals surface area contributed by atoms with Crippen molar-refractivity contribution in [2.75, 3.05) is 0 Å². The van der Waals surface area contributed by atoms with Gasteiger partial charge in [-0.05, 0) is 60.4 Å². The third kappa shape index (κ3) is 5.88. The molecule has 0 fully saturated rings. The summed E-state index contributed by atoms with van der Waals surface area (Å²) >= 11 is 0. The van der Waals surface area contributed by atoms with E-state index < -0.39 is 18.4 Å². The van der Waals surface area contributed by atoms with Crippen molar-refractivity contribution in [2.45, 2.75) is 66.7 Å². The Hall–Kier alpha value is -1.84. The lowest BCUT2D eigenvalue weighted by Crippen LogP contribution is -2.04. The fourth-order valence-electron chi connectivity index (χ4n) is 2.85. The van der Waals surface area contributed by atoms with E-state index in [-0.39, 0.29) is 0 Å². The van der Waals surface area contributed by atoms with Crippen molar-refractivity contribution < 1.29 is 19.8 Å². The smallest absolute Gasteiger partial charge is 0.314 e. The van der Waals surface area contributed by atoms with Crippen molar-refractivity contribution in [3.8, 4) is 0 Å². The summed E-state index contributed by atoms with van der Waals surface area (Å²) in [4.78, 5) is 18.9. The molecule has 0 amide bonds. The average Bonchev–Trinajstić information content (AvgIpc) is 2.44. The summed E-state index contributed by atoms with van der Waals surface area (Å²) in [6.45, 7) is 11.4. The van der Waals surface area contributed by atoms with Crippen molar-refractivity contribution in [3.63, 3.8) is 0 Å². The largest absolute Gasteiger partial charge is 0.481 e. The minimum Gasteiger partial charge on any atom is -0.481 e. The number of benzene rings is 1. The molecule has 4 heteroatoms. The molecule has 1 aromatic carbocycles. The number of carboxylic acids is 2. The quantitative estimate of drug-likeness (QED) is 0.784. The van der Waals surface area contributed by atoms with Crippen LogP contribution in [0, 0.1) is 6.92 Å². The first kappa shape index (κ1) is 20.2. The van der Waals surface area contributed by atoms with Crippen LogP contribution in [0.1, 0.15) is 61.9 Å². The lowest BCUT2D eigenvalue weighted by molar-refractivity contribution is -0.147. The van der Waals surface area contributed by atoms with Crippen LogP contribution in [-0.4, -0.2) is 22.2 Å². The van der Waals surface area contributed by atoms with Crippen LogP contribution in [0.4, 0.5) is 0 Å². The highest BCUT2D eigenvalue weighted by molar-refractivity contribution is 5.88. The molecule has 1 rings (SSSR count). The lowest BCUT2D eigenvalue weighted by Gasteiger charge is -2.18. The highest BCUT2D eigenvalue weighted by Gasteiger charge is 2.11. The predicted octanol–water partition coefficient (Wildman–Crippen LogP) is 3.79. The molecule has 0 atom stereocenters. The first-order valence-electron chi connectivity index (χ1n) is 7.88. The van der Waals surface area contributed by atoms with E-state index in [1.165, 1.54) is 31.2 Å². The molecule has 0 radical (unpaired) electrons. The maximum atomic E-state index is 9.43. The summed E-state index contributed by atoms with van der Waals surface area (Å²) in [5.41, 5.74) is 7.87. The van der Waals surface area contributed by atoms with Gasteiger partial charge >= 0.3 is 11.9 Å². The summed E-state index contributed by atoms with van der Waals surface area (Å²) in [7, 11) is 0. The molecule has 1 aromatic rings. The second-order valence-corrected chi connectivity index (χ2v) is 5.17. The zero-order chi connectivity index (χ0) is 17.3.